The number of aromatic nitrogens is 1. The van der Waals surface area contributed by atoms with Crippen molar-refractivity contribution < 1.29 is 4.79 Å². The molecule has 1 amide bonds. The first-order valence-electron chi connectivity index (χ1n) is 7.58. The van der Waals surface area contributed by atoms with Gasteiger partial charge in [0.1, 0.15) is 11.2 Å². The lowest BCUT2D eigenvalue weighted by Gasteiger charge is -2.28. The molecule has 1 fully saturated rings. The van der Waals surface area contributed by atoms with Crippen LogP contribution >= 0.6 is 11.6 Å². The van der Waals surface area contributed by atoms with Crippen LogP contribution in [0.5, 0.6) is 0 Å². The number of nitrogens with one attached hydrogen (secondary N) is 1. The monoisotopic (exact) mass is 320 g/mol. The van der Waals surface area contributed by atoms with Gasteiger partial charge in [-0.1, -0.05) is 24.4 Å². The summed E-state index contributed by atoms with van der Waals surface area (Å²) in [5.41, 5.74) is 7.70. The number of nitrogens with zero attached hydrogens (tertiary/aromatic N) is 2. The minimum atomic E-state index is -0.584. The van der Waals surface area contributed by atoms with E-state index < -0.39 is 6.04 Å². The SMILES string of the molecule is Cc1cc(CC(C#N)NC(=O)[C@@H]2CCCC[C@@H]2N)cc(Cl)n1. The number of nitrogens with two attached hydrogens (primary N) is 1. The summed E-state index contributed by atoms with van der Waals surface area (Å²) in [6, 6.07) is 5.04. The number of hydrogen-bond acceptors (Lipinski definition) is 4. The first kappa shape index (κ1) is 16.7. The highest BCUT2D eigenvalue weighted by Crippen LogP contribution is 2.23. The number of carbonyl (C=O) groups excluding carboxylic acids is 1. The molecule has 0 aliphatic heterocycles. The summed E-state index contributed by atoms with van der Waals surface area (Å²) in [7, 11) is 0. The van der Waals surface area contributed by atoms with Crippen molar-refractivity contribution in [2.24, 2.45) is 11.7 Å². The zero-order chi connectivity index (χ0) is 16.1. The molecule has 1 aliphatic carbocycles. The summed E-state index contributed by atoms with van der Waals surface area (Å²) >= 11 is 5.93. The Labute approximate surface area is 135 Å². The van der Waals surface area contributed by atoms with E-state index in [9.17, 15) is 10.1 Å². The highest BCUT2D eigenvalue weighted by Gasteiger charge is 2.29. The average Bonchev–Trinajstić information content (AvgIpc) is 2.45. The fraction of sp³-hybridized carbons (Fsp3) is 0.562. The maximum Gasteiger partial charge on any atom is 0.225 e. The predicted molar refractivity (Wildman–Crippen MR) is 85.2 cm³/mol. The molecule has 118 valence electrons. The van der Waals surface area contributed by atoms with Crippen LogP contribution in [0.2, 0.25) is 5.15 Å². The molecule has 1 aromatic rings. The summed E-state index contributed by atoms with van der Waals surface area (Å²) in [6.07, 6.45) is 4.16. The van der Waals surface area contributed by atoms with Crippen molar-refractivity contribution in [3.8, 4) is 6.07 Å². The van der Waals surface area contributed by atoms with E-state index in [1.165, 1.54) is 0 Å². The van der Waals surface area contributed by atoms with Crippen molar-refractivity contribution in [2.75, 3.05) is 0 Å². The van der Waals surface area contributed by atoms with Crippen LogP contribution in [0.4, 0.5) is 0 Å². The van der Waals surface area contributed by atoms with Crippen LogP contribution in [0.1, 0.15) is 36.9 Å². The Morgan fingerprint density at radius 1 is 1.55 bits per heavy atom. The summed E-state index contributed by atoms with van der Waals surface area (Å²) in [5.74, 6) is -0.303. The molecule has 0 bridgehead atoms. The number of pyridine rings is 1. The first-order valence-corrected chi connectivity index (χ1v) is 7.96. The van der Waals surface area contributed by atoms with Gasteiger partial charge in [-0.15, -0.1) is 0 Å². The van der Waals surface area contributed by atoms with Gasteiger partial charge in [-0.05, 0) is 37.5 Å². The van der Waals surface area contributed by atoms with Crippen molar-refractivity contribution in [1.29, 1.82) is 5.26 Å². The highest BCUT2D eigenvalue weighted by atomic mass is 35.5. The molecule has 2 rings (SSSR count). The minimum absolute atomic E-state index is 0.106. The molecule has 0 radical (unpaired) electrons. The van der Waals surface area contributed by atoms with Gasteiger partial charge in [0.2, 0.25) is 5.91 Å². The molecule has 6 heteroatoms. The van der Waals surface area contributed by atoms with Crippen LogP contribution in [0, 0.1) is 24.2 Å². The standard InChI is InChI=1S/C16H21ClN4O/c1-10-6-11(8-15(17)20-10)7-12(9-18)21-16(22)13-4-2-3-5-14(13)19/h6,8,12-14H,2-5,7,19H2,1H3,(H,21,22)/t12?,13-,14+/m1/s1. The summed E-state index contributed by atoms with van der Waals surface area (Å²) in [6.45, 7) is 1.84. The molecule has 1 aromatic heterocycles. The second kappa shape index (κ2) is 7.57. The topological polar surface area (TPSA) is 91.8 Å². The van der Waals surface area contributed by atoms with Crippen LogP contribution in [-0.4, -0.2) is 23.0 Å². The van der Waals surface area contributed by atoms with Gasteiger partial charge in [-0.25, -0.2) is 4.98 Å². The molecular weight excluding hydrogens is 300 g/mol. The Kier molecular flexibility index (Phi) is 5.76. The second-order valence-corrected chi connectivity index (χ2v) is 6.28. The predicted octanol–water partition coefficient (Wildman–Crippen LogP) is 2.11. The number of halogens is 1. The fourth-order valence-corrected chi connectivity index (χ4v) is 3.22. The molecule has 1 unspecified atom stereocenters. The molecule has 0 aromatic carbocycles. The van der Waals surface area contributed by atoms with Crippen LogP contribution in [0.3, 0.4) is 0 Å². The Balaban J connectivity index is 1.99. The summed E-state index contributed by atoms with van der Waals surface area (Å²) < 4.78 is 0. The van der Waals surface area contributed by atoms with E-state index in [1.807, 2.05) is 13.0 Å². The van der Waals surface area contributed by atoms with E-state index in [0.717, 1.165) is 36.9 Å². The molecule has 3 atom stereocenters. The molecule has 22 heavy (non-hydrogen) atoms. The Morgan fingerprint density at radius 2 is 2.27 bits per heavy atom. The Hall–Kier alpha value is -1.64. The van der Waals surface area contributed by atoms with Crippen LogP contribution in [0.15, 0.2) is 12.1 Å². The largest absolute Gasteiger partial charge is 0.340 e. The third kappa shape index (κ3) is 4.43. The lowest BCUT2D eigenvalue weighted by molar-refractivity contribution is -0.126. The Bertz CT molecular complexity index is 564. The molecule has 3 N–H and O–H groups in total. The van der Waals surface area contributed by atoms with Crippen LogP contribution in [0.25, 0.3) is 0 Å². The first-order chi connectivity index (χ1) is 10.5. The molecule has 5 nitrogen and oxygen atoms in total. The van der Waals surface area contributed by atoms with Crippen molar-refractivity contribution in [3.63, 3.8) is 0 Å². The van der Waals surface area contributed by atoms with Gasteiger partial charge in [-0.2, -0.15) is 5.26 Å². The third-order valence-electron chi connectivity index (χ3n) is 4.05. The smallest absolute Gasteiger partial charge is 0.225 e. The van der Waals surface area contributed by atoms with Gasteiger partial charge in [0.15, 0.2) is 0 Å². The number of rotatable bonds is 4. The van der Waals surface area contributed by atoms with Crippen molar-refractivity contribution in [1.82, 2.24) is 10.3 Å². The van der Waals surface area contributed by atoms with E-state index in [1.54, 1.807) is 6.07 Å². The number of aryl methyl sites for hydroxylation is 1. The molecule has 1 saturated carbocycles. The molecule has 1 heterocycles. The molecular formula is C16H21ClN4O. The number of amides is 1. The minimum Gasteiger partial charge on any atom is -0.340 e. The zero-order valence-electron chi connectivity index (χ0n) is 12.7. The number of nitriles is 1. The molecule has 0 saturated heterocycles. The van der Waals surface area contributed by atoms with Gasteiger partial charge in [0, 0.05) is 18.2 Å². The molecule has 1 aliphatic rings. The lowest BCUT2D eigenvalue weighted by Crippen LogP contribution is -2.47. The van der Waals surface area contributed by atoms with Gasteiger partial charge in [0.25, 0.3) is 0 Å². The van der Waals surface area contributed by atoms with E-state index in [4.69, 9.17) is 17.3 Å². The number of hydrogen-bond donors (Lipinski definition) is 2. The van der Waals surface area contributed by atoms with Gasteiger partial charge < -0.3 is 11.1 Å². The van der Waals surface area contributed by atoms with Crippen molar-refractivity contribution in [2.45, 2.75) is 51.1 Å². The Morgan fingerprint density at radius 3 is 2.91 bits per heavy atom. The average molecular weight is 321 g/mol. The van der Waals surface area contributed by atoms with E-state index in [2.05, 4.69) is 16.4 Å². The summed E-state index contributed by atoms with van der Waals surface area (Å²) in [4.78, 5) is 16.4. The van der Waals surface area contributed by atoms with Gasteiger partial charge >= 0.3 is 0 Å². The van der Waals surface area contributed by atoms with E-state index in [0.29, 0.717) is 11.6 Å². The summed E-state index contributed by atoms with van der Waals surface area (Å²) in [5, 5.41) is 12.5. The third-order valence-corrected chi connectivity index (χ3v) is 4.24. The quantitative estimate of drug-likeness (QED) is 0.831. The normalized spacial score (nSPS) is 22.6. The molecule has 0 spiro atoms. The van der Waals surface area contributed by atoms with Crippen LogP contribution in [-0.2, 0) is 11.2 Å². The zero-order valence-corrected chi connectivity index (χ0v) is 13.4. The van der Waals surface area contributed by atoms with E-state index >= 15 is 0 Å². The lowest BCUT2D eigenvalue weighted by atomic mass is 9.84. The van der Waals surface area contributed by atoms with Crippen molar-refractivity contribution in [3.05, 3.63) is 28.5 Å². The van der Waals surface area contributed by atoms with Crippen LogP contribution < -0.4 is 11.1 Å². The second-order valence-electron chi connectivity index (χ2n) is 5.89. The van der Waals surface area contributed by atoms with Crippen molar-refractivity contribution >= 4 is 17.5 Å². The fourth-order valence-electron chi connectivity index (χ4n) is 2.94. The number of carbonyl (C=O) groups is 1. The highest BCUT2D eigenvalue weighted by molar-refractivity contribution is 6.29. The van der Waals surface area contributed by atoms with Gasteiger partial charge in [-0.3, -0.25) is 4.79 Å². The maximum atomic E-state index is 12.3. The maximum absolute atomic E-state index is 12.3. The van der Waals surface area contributed by atoms with Gasteiger partial charge in [0.05, 0.1) is 12.0 Å². The van der Waals surface area contributed by atoms with E-state index in [-0.39, 0.29) is 17.9 Å².